The van der Waals surface area contributed by atoms with Gasteiger partial charge in [0, 0.05) is 19.1 Å². The van der Waals surface area contributed by atoms with Crippen LogP contribution in [0.5, 0.6) is 0 Å². The molecule has 0 radical (unpaired) electrons. The lowest BCUT2D eigenvalue weighted by atomic mass is 9.84. The van der Waals surface area contributed by atoms with Crippen molar-refractivity contribution in [3.05, 3.63) is 15.9 Å². The SMILES string of the molecule is CCC1CCC(NCc2c(Br)c(C)nn2CC)CC1. The van der Waals surface area contributed by atoms with E-state index >= 15 is 0 Å². The van der Waals surface area contributed by atoms with Gasteiger partial charge >= 0.3 is 0 Å². The molecule has 1 saturated carbocycles. The molecule has 1 aromatic rings. The smallest absolute Gasteiger partial charge is 0.0739 e. The molecule has 0 spiro atoms. The minimum Gasteiger partial charge on any atom is -0.308 e. The standard InChI is InChI=1S/C15H26BrN3/c1-4-12-6-8-13(9-7-12)17-10-14-15(16)11(3)18-19(14)5-2/h12-13,17H,4-10H2,1-3H3. The number of hydrogen-bond donors (Lipinski definition) is 1. The van der Waals surface area contributed by atoms with Gasteiger partial charge in [0.2, 0.25) is 0 Å². The second-order valence-corrected chi connectivity index (χ2v) is 6.46. The van der Waals surface area contributed by atoms with Crippen LogP contribution in [0.4, 0.5) is 0 Å². The van der Waals surface area contributed by atoms with E-state index in [1.54, 1.807) is 0 Å². The van der Waals surface area contributed by atoms with Crippen LogP contribution in [0.3, 0.4) is 0 Å². The van der Waals surface area contributed by atoms with E-state index in [1.165, 1.54) is 42.3 Å². The average molecular weight is 328 g/mol. The summed E-state index contributed by atoms with van der Waals surface area (Å²) in [5.74, 6) is 0.966. The zero-order valence-corrected chi connectivity index (χ0v) is 14.0. The van der Waals surface area contributed by atoms with Crippen LogP contribution in [-0.4, -0.2) is 15.8 Å². The van der Waals surface area contributed by atoms with Crippen LogP contribution in [0, 0.1) is 12.8 Å². The summed E-state index contributed by atoms with van der Waals surface area (Å²) in [7, 11) is 0. The molecule has 19 heavy (non-hydrogen) atoms. The fourth-order valence-corrected chi connectivity index (χ4v) is 3.48. The lowest BCUT2D eigenvalue weighted by Gasteiger charge is -2.28. The Balaban J connectivity index is 1.89. The van der Waals surface area contributed by atoms with Crippen LogP contribution >= 0.6 is 15.9 Å². The average Bonchev–Trinajstić information content (AvgIpc) is 2.72. The Morgan fingerprint density at radius 1 is 1.26 bits per heavy atom. The highest BCUT2D eigenvalue weighted by Crippen LogP contribution is 2.27. The summed E-state index contributed by atoms with van der Waals surface area (Å²) in [6, 6.07) is 0.690. The van der Waals surface area contributed by atoms with Crippen LogP contribution in [0.15, 0.2) is 4.47 Å². The molecule has 1 aliphatic rings. The maximum Gasteiger partial charge on any atom is 0.0739 e. The minimum absolute atomic E-state index is 0.690. The number of halogens is 1. The van der Waals surface area contributed by atoms with Crippen LogP contribution in [-0.2, 0) is 13.1 Å². The van der Waals surface area contributed by atoms with Crippen molar-refractivity contribution < 1.29 is 0 Å². The van der Waals surface area contributed by atoms with Gasteiger partial charge < -0.3 is 5.32 Å². The first-order chi connectivity index (χ1) is 9.15. The van der Waals surface area contributed by atoms with Crippen molar-refractivity contribution in [1.29, 1.82) is 0 Å². The fourth-order valence-electron chi connectivity index (χ4n) is 3.05. The largest absolute Gasteiger partial charge is 0.308 e. The zero-order chi connectivity index (χ0) is 13.8. The van der Waals surface area contributed by atoms with E-state index in [1.807, 2.05) is 0 Å². The number of nitrogens with zero attached hydrogens (tertiary/aromatic N) is 2. The monoisotopic (exact) mass is 327 g/mol. The molecule has 0 atom stereocenters. The van der Waals surface area contributed by atoms with E-state index in [4.69, 9.17) is 0 Å². The van der Waals surface area contributed by atoms with Crippen molar-refractivity contribution in [2.24, 2.45) is 5.92 Å². The summed E-state index contributed by atoms with van der Waals surface area (Å²) in [5.41, 5.74) is 2.38. The third-order valence-corrected chi connectivity index (χ3v) is 5.47. The summed E-state index contributed by atoms with van der Waals surface area (Å²) in [6.45, 7) is 8.39. The molecule has 0 amide bonds. The van der Waals surface area contributed by atoms with E-state index < -0.39 is 0 Å². The molecule has 0 saturated heterocycles. The van der Waals surface area contributed by atoms with Gasteiger partial charge in [0.25, 0.3) is 0 Å². The second-order valence-electron chi connectivity index (χ2n) is 5.67. The highest BCUT2D eigenvalue weighted by Gasteiger charge is 2.20. The molecule has 0 bridgehead atoms. The molecule has 0 aliphatic heterocycles. The Hall–Kier alpha value is -0.350. The Morgan fingerprint density at radius 2 is 1.95 bits per heavy atom. The molecule has 1 aromatic heterocycles. The van der Waals surface area contributed by atoms with Crippen molar-refractivity contribution in [2.45, 2.75) is 72.0 Å². The summed E-state index contributed by atoms with van der Waals surface area (Å²) in [5, 5.41) is 8.27. The zero-order valence-electron chi connectivity index (χ0n) is 12.4. The highest BCUT2D eigenvalue weighted by atomic mass is 79.9. The molecule has 1 heterocycles. The molecule has 2 rings (SSSR count). The van der Waals surface area contributed by atoms with Gasteiger partial charge in [-0.05, 0) is 61.4 Å². The number of aromatic nitrogens is 2. The molecule has 1 N–H and O–H groups in total. The van der Waals surface area contributed by atoms with Gasteiger partial charge in [-0.25, -0.2) is 0 Å². The first-order valence-corrected chi connectivity index (χ1v) is 8.40. The molecule has 3 nitrogen and oxygen atoms in total. The fraction of sp³-hybridized carbons (Fsp3) is 0.800. The van der Waals surface area contributed by atoms with Gasteiger partial charge in [-0.15, -0.1) is 0 Å². The number of nitrogens with one attached hydrogen (secondary N) is 1. The van der Waals surface area contributed by atoms with Gasteiger partial charge in [-0.2, -0.15) is 5.10 Å². The molecular weight excluding hydrogens is 302 g/mol. The van der Waals surface area contributed by atoms with E-state index in [0.717, 1.165) is 24.7 Å². The molecule has 4 heteroatoms. The maximum absolute atomic E-state index is 4.55. The molecule has 1 fully saturated rings. The van der Waals surface area contributed by atoms with E-state index in [2.05, 4.69) is 51.8 Å². The lowest BCUT2D eigenvalue weighted by molar-refractivity contribution is 0.283. The van der Waals surface area contributed by atoms with Crippen molar-refractivity contribution in [3.8, 4) is 0 Å². The normalized spacial score (nSPS) is 23.8. The lowest BCUT2D eigenvalue weighted by Crippen LogP contribution is -2.33. The van der Waals surface area contributed by atoms with Gasteiger partial charge in [0.15, 0.2) is 0 Å². The molecule has 0 unspecified atom stereocenters. The van der Waals surface area contributed by atoms with E-state index in [-0.39, 0.29) is 0 Å². The Kier molecular flexibility index (Phi) is 5.46. The summed E-state index contributed by atoms with van der Waals surface area (Å²) < 4.78 is 3.27. The number of rotatable bonds is 5. The molecule has 0 aromatic carbocycles. The van der Waals surface area contributed by atoms with Gasteiger partial charge in [-0.1, -0.05) is 13.3 Å². The molecule has 108 valence electrons. The Bertz CT molecular complexity index is 406. The summed E-state index contributed by atoms with van der Waals surface area (Å²) in [4.78, 5) is 0. The third kappa shape index (κ3) is 3.60. The van der Waals surface area contributed by atoms with Crippen molar-refractivity contribution in [2.75, 3.05) is 0 Å². The molecular formula is C15H26BrN3. The number of aryl methyl sites for hydroxylation is 2. The Morgan fingerprint density at radius 3 is 2.53 bits per heavy atom. The molecule has 1 aliphatic carbocycles. The Labute approximate surface area is 125 Å². The first kappa shape index (κ1) is 15.0. The first-order valence-electron chi connectivity index (χ1n) is 7.60. The predicted octanol–water partition coefficient (Wildman–Crippen LogP) is 4.03. The van der Waals surface area contributed by atoms with Gasteiger partial charge in [-0.3, -0.25) is 4.68 Å². The summed E-state index contributed by atoms with van der Waals surface area (Å²) >= 11 is 3.66. The quantitative estimate of drug-likeness (QED) is 0.884. The van der Waals surface area contributed by atoms with Crippen molar-refractivity contribution in [1.82, 2.24) is 15.1 Å². The van der Waals surface area contributed by atoms with E-state index in [0.29, 0.717) is 6.04 Å². The van der Waals surface area contributed by atoms with Crippen LogP contribution < -0.4 is 5.32 Å². The second kappa shape index (κ2) is 6.89. The van der Waals surface area contributed by atoms with Crippen LogP contribution in [0.25, 0.3) is 0 Å². The van der Waals surface area contributed by atoms with Crippen LogP contribution in [0.1, 0.15) is 57.3 Å². The predicted molar refractivity (Wildman–Crippen MR) is 83.2 cm³/mol. The summed E-state index contributed by atoms with van der Waals surface area (Å²) in [6.07, 6.45) is 6.79. The van der Waals surface area contributed by atoms with Gasteiger partial charge in [0.1, 0.15) is 0 Å². The van der Waals surface area contributed by atoms with Crippen molar-refractivity contribution >= 4 is 15.9 Å². The topological polar surface area (TPSA) is 29.9 Å². The minimum atomic E-state index is 0.690. The van der Waals surface area contributed by atoms with Crippen LogP contribution in [0.2, 0.25) is 0 Å². The number of hydrogen-bond acceptors (Lipinski definition) is 2. The maximum atomic E-state index is 4.55. The van der Waals surface area contributed by atoms with E-state index in [9.17, 15) is 0 Å². The van der Waals surface area contributed by atoms with Crippen molar-refractivity contribution in [3.63, 3.8) is 0 Å². The van der Waals surface area contributed by atoms with Gasteiger partial charge in [0.05, 0.1) is 15.9 Å². The highest BCUT2D eigenvalue weighted by molar-refractivity contribution is 9.10. The third-order valence-electron chi connectivity index (χ3n) is 4.44.